The highest BCUT2D eigenvalue weighted by Gasteiger charge is 2.16. The first-order valence-corrected chi connectivity index (χ1v) is 7.53. The van der Waals surface area contributed by atoms with Crippen LogP contribution in [0.5, 0.6) is 0 Å². The first-order chi connectivity index (χ1) is 7.74. The molecule has 2 nitrogen and oxygen atoms in total. The summed E-state index contributed by atoms with van der Waals surface area (Å²) in [5, 5.41) is 5.59. The molecule has 0 amide bonds. The van der Waals surface area contributed by atoms with Crippen LogP contribution in [0.3, 0.4) is 0 Å². The second kappa shape index (κ2) is 6.15. The lowest BCUT2D eigenvalue weighted by Gasteiger charge is -2.19. The number of hydrogen-bond donors (Lipinski definition) is 1. The molecule has 16 heavy (non-hydrogen) atoms. The number of hydrogen-bond acceptors (Lipinski definition) is 3. The van der Waals surface area contributed by atoms with E-state index in [4.69, 9.17) is 0 Å². The van der Waals surface area contributed by atoms with Crippen LogP contribution in [0.25, 0.3) is 0 Å². The number of nitrogens with zero attached hydrogens (tertiary/aromatic N) is 1. The van der Waals surface area contributed by atoms with Crippen molar-refractivity contribution in [3.63, 3.8) is 0 Å². The monoisotopic (exact) mass is 302 g/mol. The van der Waals surface area contributed by atoms with Crippen molar-refractivity contribution in [1.29, 1.82) is 0 Å². The highest BCUT2D eigenvalue weighted by atomic mass is 79.9. The second-order valence-corrected chi connectivity index (χ2v) is 6.51. The zero-order chi connectivity index (χ0) is 11.4. The van der Waals surface area contributed by atoms with Gasteiger partial charge in [-0.05, 0) is 60.9 Å². The fourth-order valence-electron chi connectivity index (χ4n) is 2.19. The van der Waals surface area contributed by atoms with Crippen molar-refractivity contribution < 1.29 is 0 Å². The molecule has 1 saturated heterocycles. The number of rotatable bonds is 5. The fraction of sp³-hybridized carbons (Fsp3) is 0.667. The van der Waals surface area contributed by atoms with E-state index in [0.29, 0.717) is 0 Å². The van der Waals surface area contributed by atoms with Crippen molar-refractivity contribution >= 4 is 27.3 Å². The quantitative estimate of drug-likeness (QED) is 0.899. The minimum absolute atomic E-state index is 0.861. The lowest BCUT2D eigenvalue weighted by atomic mass is 10.1. The molecule has 2 rings (SSSR count). The van der Waals surface area contributed by atoms with E-state index in [-0.39, 0.29) is 0 Å². The van der Waals surface area contributed by atoms with Crippen LogP contribution in [0.2, 0.25) is 0 Å². The lowest BCUT2D eigenvalue weighted by molar-refractivity contribution is 0.289. The van der Waals surface area contributed by atoms with E-state index in [2.05, 4.69) is 44.6 Å². The minimum Gasteiger partial charge on any atom is -0.316 e. The van der Waals surface area contributed by atoms with Gasteiger partial charge in [0.2, 0.25) is 0 Å². The van der Waals surface area contributed by atoms with Crippen LogP contribution in [0.15, 0.2) is 15.9 Å². The molecule has 2 heterocycles. The summed E-state index contributed by atoms with van der Waals surface area (Å²) in [6, 6.07) is 2.23. The minimum atomic E-state index is 0.861. The Hall–Kier alpha value is 0.1000. The van der Waals surface area contributed by atoms with Crippen molar-refractivity contribution in [2.75, 3.05) is 33.2 Å². The smallest absolute Gasteiger partial charge is 0.0285 e. The molecule has 0 radical (unpaired) electrons. The molecule has 0 saturated carbocycles. The molecule has 1 aromatic heterocycles. The molecule has 1 aromatic rings. The third kappa shape index (κ3) is 3.84. The Morgan fingerprint density at radius 3 is 3.12 bits per heavy atom. The number of thiophene rings is 1. The van der Waals surface area contributed by atoms with Crippen molar-refractivity contribution in [1.82, 2.24) is 10.2 Å². The third-order valence-electron chi connectivity index (χ3n) is 3.09. The van der Waals surface area contributed by atoms with Gasteiger partial charge in [0.25, 0.3) is 0 Å². The topological polar surface area (TPSA) is 15.3 Å². The summed E-state index contributed by atoms with van der Waals surface area (Å²) in [5.41, 5.74) is 0. The van der Waals surface area contributed by atoms with Gasteiger partial charge in [-0.3, -0.25) is 0 Å². The molecule has 1 aliphatic rings. The van der Waals surface area contributed by atoms with E-state index >= 15 is 0 Å². The van der Waals surface area contributed by atoms with Gasteiger partial charge < -0.3 is 10.2 Å². The summed E-state index contributed by atoms with van der Waals surface area (Å²) in [7, 11) is 2.24. The highest BCUT2D eigenvalue weighted by Crippen LogP contribution is 2.20. The molecule has 1 aliphatic heterocycles. The van der Waals surface area contributed by atoms with Crippen molar-refractivity contribution in [3.8, 4) is 0 Å². The largest absolute Gasteiger partial charge is 0.316 e. The molecule has 0 bridgehead atoms. The van der Waals surface area contributed by atoms with E-state index < -0.39 is 0 Å². The fourth-order valence-corrected chi connectivity index (χ4v) is 3.63. The Labute approximate surface area is 110 Å². The molecule has 1 unspecified atom stereocenters. The summed E-state index contributed by atoms with van der Waals surface area (Å²) in [4.78, 5) is 3.94. The molecular weight excluding hydrogens is 284 g/mol. The predicted molar refractivity (Wildman–Crippen MR) is 74.2 cm³/mol. The first-order valence-electron chi connectivity index (χ1n) is 5.86. The Bertz CT molecular complexity index is 321. The first kappa shape index (κ1) is 12.6. The average Bonchev–Trinajstić information content (AvgIpc) is 2.87. The van der Waals surface area contributed by atoms with Gasteiger partial charge in [-0.1, -0.05) is 0 Å². The number of likely N-dealkylation sites (N-methyl/N-ethyl adjacent to an activating group) is 1. The van der Waals surface area contributed by atoms with Crippen LogP contribution < -0.4 is 5.32 Å². The second-order valence-electron chi connectivity index (χ2n) is 4.60. The molecule has 0 aromatic carbocycles. The molecule has 90 valence electrons. The zero-order valence-corrected chi connectivity index (χ0v) is 12.1. The maximum absolute atomic E-state index is 3.50. The zero-order valence-electron chi connectivity index (χ0n) is 9.71. The molecule has 1 fully saturated rings. The van der Waals surface area contributed by atoms with E-state index in [9.17, 15) is 0 Å². The van der Waals surface area contributed by atoms with Gasteiger partial charge in [0.05, 0.1) is 0 Å². The SMILES string of the molecule is CN(CCc1cc(Br)cs1)CC1CCNC1. The Balaban J connectivity index is 1.68. The number of nitrogens with one attached hydrogen (secondary N) is 1. The lowest BCUT2D eigenvalue weighted by Crippen LogP contribution is -2.28. The van der Waals surface area contributed by atoms with Gasteiger partial charge in [0.15, 0.2) is 0 Å². The Morgan fingerprint density at radius 2 is 2.50 bits per heavy atom. The van der Waals surface area contributed by atoms with Gasteiger partial charge in [0.1, 0.15) is 0 Å². The van der Waals surface area contributed by atoms with Crippen LogP contribution in [0, 0.1) is 5.92 Å². The molecule has 1 N–H and O–H groups in total. The van der Waals surface area contributed by atoms with Gasteiger partial charge in [-0.15, -0.1) is 11.3 Å². The standard InChI is InChI=1S/C12H19BrN2S/c1-15(8-10-2-4-14-7-10)5-3-12-6-11(13)9-16-12/h6,9-10,14H,2-5,7-8H2,1H3. The van der Waals surface area contributed by atoms with Crippen LogP contribution in [0.1, 0.15) is 11.3 Å². The van der Waals surface area contributed by atoms with Gasteiger partial charge >= 0.3 is 0 Å². The molecule has 0 aliphatic carbocycles. The summed E-state index contributed by atoms with van der Waals surface area (Å²) >= 11 is 5.35. The van der Waals surface area contributed by atoms with E-state index in [1.54, 1.807) is 0 Å². The van der Waals surface area contributed by atoms with Crippen molar-refractivity contribution in [3.05, 3.63) is 20.8 Å². The van der Waals surface area contributed by atoms with Crippen LogP contribution in [0.4, 0.5) is 0 Å². The third-order valence-corrected chi connectivity index (χ3v) is 4.85. The van der Waals surface area contributed by atoms with E-state index in [1.165, 1.54) is 48.4 Å². The average molecular weight is 303 g/mol. The molecule has 1 atom stereocenters. The van der Waals surface area contributed by atoms with E-state index in [1.807, 2.05) is 11.3 Å². The van der Waals surface area contributed by atoms with Crippen LogP contribution in [-0.2, 0) is 6.42 Å². The highest BCUT2D eigenvalue weighted by molar-refractivity contribution is 9.10. The summed E-state index contributed by atoms with van der Waals surface area (Å²) in [6.45, 7) is 4.81. The Kier molecular flexibility index (Phi) is 4.82. The molecular formula is C12H19BrN2S. The summed E-state index contributed by atoms with van der Waals surface area (Å²) in [6.07, 6.45) is 2.52. The number of halogens is 1. The predicted octanol–water partition coefficient (Wildman–Crippen LogP) is 2.59. The summed E-state index contributed by atoms with van der Waals surface area (Å²) in [5.74, 6) is 0.861. The molecule has 4 heteroatoms. The maximum Gasteiger partial charge on any atom is 0.0285 e. The maximum atomic E-state index is 3.50. The van der Waals surface area contributed by atoms with Gasteiger partial charge in [-0.25, -0.2) is 0 Å². The van der Waals surface area contributed by atoms with Crippen LogP contribution >= 0.6 is 27.3 Å². The van der Waals surface area contributed by atoms with Crippen molar-refractivity contribution in [2.24, 2.45) is 5.92 Å². The van der Waals surface area contributed by atoms with Gasteiger partial charge in [0, 0.05) is 27.8 Å². The van der Waals surface area contributed by atoms with Crippen LogP contribution in [-0.4, -0.2) is 38.1 Å². The summed E-state index contributed by atoms with van der Waals surface area (Å²) < 4.78 is 1.22. The van der Waals surface area contributed by atoms with Crippen molar-refractivity contribution in [2.45, 2.75) is 12.8 Å². The molecule has 0 spiro atoms. The van der Waals surface area contributed by atoms with Gasteiger partial charge in [-0.2, -0.15) is 0 Å². The Morgan fingerprint density at radius 1 is 1.62 bits per heavy atom. The van der Waals surface area contributed by atoms with E-state index in [0.717, 1.165) is 5.92 Å². The normalized spacial score (nSPS) is 20.8.